The predicted octanol–water partition coefficient (Wildman–Crippen LogP) is 3.83. The van der Waals surface area contributed by atoms with Gasteiger partial charge in [0.1, 0.15) is 5.69 Å². The normalized spacial score (nSPS) is 10.7. The van der Waals surface area contributed by atoms with Gasteiger partial charge in [0.25, 0.3) is 11.6 Å². The fourth-order valence-corrected chi connectivity index (χ4v) is 2.44. The van der Waals surface area contributed by atoms with Crippen LogP contribution in [-0.4, -0.2) is 15.4 Å². The van der Waals surface area contributed by atoms with Crippen LogP contribution in [0.25, 0.3) is 0 Å². The summed E-state index contributed by atoms with van der Waals surface area (Å²) in [6, 6.07) is 8.61. The summed E-state index contributed by atoms with van der Waals surface area (Å²) in [5.41, 5.74) is 0.871. The van der Waals surface area contributed by atoms with Crippen LogP contribution >= 0.6 is 22.6 Å². The quantitative estimate of drug-likeness (QED) is 0.482. The second kappa shape index (κ2) is 6.25. The molecule has 0 bridgehead atoms. The Balaban J connectivity index is 2.35. The van der Waals surface area contributed by atoms with E-state index in [0.717, 1.165) is 3.57 Å². The van der Waals surface area contributed by atoms with E-state index in [1.165, 1.54) is 12.3 Å². The van der Waals surface area contributed by atoms with Crippen LogP contribution in [0.1, 0.15) is 30.4 Å². The first kappa shape index (κ1) is 15.5. The molecule has 2 aromatic rings. The number of amides is 1. The summed E-state index contributed by atoms with van der Waals surface area (Å²) in [7, 11) is 0. The van der Waals surface area contributed by atoms with Gasteiger partial charge in [-0.05, 0) is 48.6 Å². The minimum atomic E-state index is -0.498. The minimum Gasteiger partial charge on any atom is -0.335 e. The summed E-state index contributed by atoms with van der Waals surface area (Å²) in [5, 5.41) is 13.7. The fraction of sp³-hybridized carbons (Fsp3) is 0.214. The molecule has 0 unspecified atom stereocenters. The highest BCUT2D eigenvalue weighted by Crippen LogP contribution is 2.23. The monoisotopic (exact) mass is 399 g/mol. The molecule has 0 aliphatic carbocycles. The van der Waals surface area contributed by atoms with Crippen molar-refractivity contribution in [1.82, 2.24) is 4.57 Å². The zero-order chi connectivity index (χ0) is 15.6. The summed E-state index contributed by atoms with van der Waals surface area (Å²) in [4.78, 5) is 22.8. The number of nitrogens with one attached hydrogen (secondary N) is 1. The van der Waals surface area contributed by atoms with E-state index >= 15 is 0 Å². The van der Waals surface area contributed by atoms with Gasteiger partial charge < -0.3 is 9.88 Å². The Morgan fingerprint density at radius 3 is 2.62 bits per heavy atom. The van der Waals surface area contributed by atoms with Gasteiger partial charge in [-0.3, -0.25) is 14.9 Å². The van der Waals surface area contributed by atoms with Crippen LogP contribution < -0.4 is 5.32 Å². The molecule has 21 heavy (non-hydrogen) atoms. The van der Waals surface area contributed by atoms with Gasteiger partial charge in [-0.1, -0.05) is 12.1 Å². The van der Waals surface area contributed by atoms with E-state index in [1.54, 1.807) is 10.6 Å². The number of anilines is 1. The first-order chi connectivity index (χ1) is 9.90. The van der Waals surface area contributed by atoms with Crippen LogP contribution in [0.2, 0.25) is 0 Å². The average molecular weight is 399 g/mol. The Morgan fingerprint density at radius 1 is 1.38 bits per heavy atom. The van der Waals surface area contributed by atoms with Gasteiger partial charge in [0.2, 0.25) is 0 Å². The van der Waals surface area contributed by atoms with Crippen LogP contribution in [0, 0.1) is 13.7 Å². The number of hydrogen-bond acceptors (Lipinski definition) is 3. The fourth-order valence-electron chi connectivity index (χ4n) is 1.92. The Morgan fingerprint density at radius 2 is 2.05 bits per heavy atom. The molecule has 0 atom stereocenters. The van der Waals surface area contributed by atoms with E-state index < -0.39 is 4.92 Å². The van der Waals surface area contributed by atoms with Crippen molar-refractivity contribution in [2.24, 2.45) is 0 Å². The average Bonchev–Trinajstić information content (AvgIpc) is 2.87. The molecule has 1 aromatic heterocycles. The topological polar surface area (TPSA) is 77.2 Å². The lowest BCUT2D eigenvalue weighted by atomic mass is 10.3. The standard InChI is InChI=1S/C14H14IN3O3/c1-9(2)17-8-10(18(20)21)7-13(17)14(19)16-12-6-4-3-5-11(12)15/h3-9H,1-2H3,(H,16,19). The molecule has 0 saturated heterocycles. The number of nitro groups is 1. The number of hydrogen-bond donors (Lipinski definition) is 1. The molecule has 0 spiro atoms. The molecule has 6 nitrogen and oxygen atoms in total. The number of para-hydroxylation sites is 1. The second-order valence-electron chi connectivity index (χ2n) is 4.78. The van der Waals surface area contributed by atoms with Gasteiger partial charge in [-0.15, -0.1) is 0 Å². The van der Waals surface area contributed by atoms with Gasteiger partial charge in [0, 0.05) is 15.7 Å². The lowest BCUT2D eigenvalue weighted by Crippen LogP contribution is -2.18. The highest BCUT2D eigenvalue weighted by molar-refractivity contribution is 14.1. The largest absolute Gasteiger partial charge is 0.335 e. The molecule has 0 saturated carbocycles. The van der Waals surface area contributed by atoms with Crippen molar-refractivity contribution in [2.75, 3.05) is 5.32 Å². The van der Waals surface area contributed by atoms with Crippen LogP contribution in [0.5, 0.6) is 0 Å². The Kier molecular flexibility index (Phi) is 4.61. The van der Waals surface area contributed by atoms with Crippen LogP contribution in [-0.2, 0) is 0 Å². The highest BCUT2D eigenvalue weighted by Gasteiger charge is 2.21. The van der Waals surface area contributed by atoms with E-state index in [9.17, 15) is 14.9 Å². The molecular weight excluding hydrogens is 385 g/mol. The lowest BCUT2D eigenvalue weighted by molar-refractivity contribution is -0.384. The SMILES string of the molecule is CC(C)n1cc([N+](=O)[O-])cc1C(=O)Nc1ccccc1I. The maximum Gasteiger partial charge on any atom is 0.287 e. The van der Waals surface area contributed by atoms with Gasteiger partial charge in [-0.25, -0.2) is 0 Å². The van der Waals surface area contributed by atoms with Gasteiger partial charge in [0.15, 0.2) is 0 Å². The first-order valence-corrected chi connectivity index (χ1v) is 7.40. The molecule has 0 fully saturated rings. The summed E-state index contributed by atoms with van der Waals surface area (Å²) < 4.78 is 2.50. The third-order valence-corrected chi connectivity index (χ3v) is 3.90. The molecule has 2 rings (SSSR count). The number of carbonyl (C=O) groups excluding carboxylic acids is 1. The van der Waals surface area contributed by atoms with Crippen molar-refractivity contribution < 1.29 is 9.72 Å². The molecule has 1 aromatic carbocycles. The van der Waals surface area contributed by atoms with Crippen molar-refractivity contribution >= 4 is 39.9 Å². The number of nitrogens with zero attached hydrogens (tertiary/aromatic N) is 2. The molecule has 1 heterocycles. The molecule has 110 valence electrons. The summed E-state index contributed by atoms with van der Waals surface area (Å²) in [5.74, 6) is -0.360. The van der Waals surface area contributed by atoms with Crippen LogP contribution in [0.3, 0.4) is 0 Å². The lowest BCUT2D eigenvalue weighted by Gasteiger charge is -2.12. The third-order valence-electron chi connectivity index (χ3n) is 2.96. The van der Waals surface area contributed by atoms with Crippen molar-refractivity contribution in [2.45, 2.75) is 19.9 Å². The Labute approximate surface area is 135 Å². The van der Waals surface area contributed by atoms with Gasteiger partial charge in [-0.2, -0.15) is 0 Å². The van der Waals surface area contributed by atoms with Gasteiger partial charge in [0.05, 0.1) is 16.8 Å². The summed E-state index contributed by atoms with van der Waals surface area (Å²) in [6.07, 6.45) is 1.38. The first-order valence-electron chi connectivity index (χ1n) is 6.32. The number of carbonyl (C=O) groups is 1. The molecular formula is C14H14IN3O3. The zero-order valence-corrected chi connectivity index (χ0v) is 13.7. The number of benzene rings is 1. The minimum absolute atomic E-state index is 0.0469. The maximum absolute atomic E-state index is 12.4. The number of rotatable bonds is 4. The molecule has 0 aliphatic rings. The Hall–Kier alpha value is -1.90. The van der Waals surface area contributed by atoms with E-state index in [2.05, 4.69) is 27.9 Å². The molecule has 1 amide bonds. The maximum atomic E-state index is 12.4. The van der Waals surface area contributed by atoms with Crippen LogP contribution in [0.15, 0.2) is 36.5 Å². The van der Waals surface area contributed by atoms with E-state index in [0.29, 0.717) is 5.69 Å². The predicted molar refractivity (Wildman–Crippen MR) is 88.6 cm³/mol. The molecule has 1 N–H and O–H groups in total. The van der Waals surface area contributed by atoms with E-state index in [4.69, 9.17) is 0 Å². The summed E-state index contributed by atoms with van der Waals surface area (Å²) >= 11 is 2.12. The van der Waals surface area contributed by atoms with E-state index in [1.807, 2.05) is 32.0 Å². The molecule has 0 radical (unpaired) electrons. The molecule has 7 heteroatoms. The zero-order valence-electron chi connectivity index (χ0n) is 11.5. The molecule has 0 aliphatic heterocycles. The van der Waals surface area contributed by atoms with Crippen LogP contribution in [0.4, 0.5) is 11.4 Å². The summed E-state index contributed by atoms with van der Waals surface area (Å²) in [6.45, 7) is 3.74. The van der Waals surface area contributed by atoms with Crippen molar-refractivity contribution in [1.29, 1.82) is 0 Å². The highest BCUT2D eigenvalue weighted by atomic mass is 127. The second-order valence-corrected chi connectivity index (χ2v) is 5.94. The van der Waals surface area contributed by atoms with Crippen molar-refractivity contribution in [3.8, 4) is 0 Å². The number of aromatic nitrogens is 1. The number of halogens is 1. The Bertz CT molecular complexity index is 695. The van der Waals surface area contributed by atoms with Gasteiger partial charge >= 0.3 is 0 Å². The van der Waals surface area contributed by atoms with Crippen molar-refractivity contribution in [3.63, 3.8) is 0 Å². The van der Waals surface area contributed by atoms with Crippen molar-refractivity contribution in [3.05, 3.63) is 55.9 Å². The smallest absolute Gasteiger partial charge is 0.287 e. The van der Waals surface area contributed by atoms with E-state index in [-0.39, 0.29) is 23.3 Å². The third kappa shape index (κ3) is 3.41.